The molecule has 10 nitrogen and oxygen atoms in total. The highest BCUT2D eigenvalue weighted by Crippen LogP contribution is 2.62. The largest absolute Gasteiger partial charge is 0.404 e. The third-order valence-electron chi connectivity index (χ3n) is 7.14. The molecule has 1 N–H and O–H groups in total. The van der Waals surface area contributed by atoms with Gasteiger partial charge in [0, 0.05) is 25.9 Å². The molecule has 1 aromatic heterocycles. The zero-order valence-electron chi connectivity index (χ0n) is 18.7. The Morgan fingerprint density at radius 3 is 2.48 bits per heavy atom. The summed E-state index contributed by atoms with van der Waals surface area (Å²) in [5.41, 5.74) is -2.14. The smallest absolute Gasteiger partial charge is 0.330 e. The second kappa shape index (κ2) is 7.09. The molecule has 5 atom stereocenters. The molecular weight excluding hydrogens is 442 g/mol. The second-order valence-electron chi connectivity index (χ2n) is 10.1. The summed E-state index contributed by atoms with van der Waals surface area (Å²) >= 11 is 0. The van der Waals surface area contributed by atoms with Crippen molar-refractivity contribution in [3.8, 4) is 0 Å². The Kier molecular flexibility index (Phi) is 5.23. The second-order valence-corrected chi connectivity index (χ2v) is 16.8. The van der Waals surface area contributed by atoms with Crippen molar-refractivity contribution in [1.29, 1.82) is 0 Å². The zero-order chi connectivity index (χ0) is 23.0. The fraction of sp³-hybridized carbons (Fsp3) is 0.789. The van der Waals surface area contributed by atoms with Gasteiger partial charge >= 0.3 is 5.69 Å². The van der Waals surface area contributed by atoms with Crippen LogP contribution in [-0.2, 0) is 23.9 Å². The molecule has 3 heterocycles. The van der Waals surface area contributed by atoms with Crippen LogP contribution < -0.4 is 11.2 Å². The summed E-state index contributed by atoms with van der Waals surface area (Å²) < 4.78 is 47.1. The molecule has 4 rings (SSSR count). The predicted molar refractivity (Wildman–Crippen MR) is 116 cm³/mol. The first-order valence-corrected chi connectivity index (χ1v) is 15.0. The summed E-state index contributed by atoms with van der Waals surface area (Å²) in [6, 6.07) is 0.736. The Morgan fingerprint density at radius 2 is 1.97 bits per heavy atom. The van der Waals surface area contributed by atoms with Gasteiger partial charge in [0.25, 0.3) is 5.56 Å². The van der Waals surface area contributed by atoms with Crippen LogP contribution in [-0.4, -0.2) is 73.8 Å². The molecule has 2 aliphatic heterocycles. The number of aromatic amines is 1. The van der Waals surface area contributed by atoms with E-state index in [2.05, 4.69) is 38.8 Å². The number of ether oxygens (including phenoxy) is 2. The highest BCUT2D eigenvalue weighted by Gasteiger charge is 2.82. The lowest BCUT2D eigenvalue weighted by atomic mass is 10.1. The minimum Gasteiger partial charge on any atom is -0.404 e. The Morgan fingerprint density at radius 1 is 1.29 bits per heavy atom. The maximum atomic E-state index is 12.7. The third kappa shape index (κ3) is 3.39. The van der Waals surface area contributed by atoms with Crippen LogP contribution in [0.25, 0.3) is 0 Å². The van der Waals surface area contributed by atoms with Crippen molar-refractivity contribution in [1.82, 2.24) is 13.9 Å². The Balaban J connectivity index is 1.78. The van der Waals surface area contributed by atoms with Gasteiger partial charge in [0.1, 0.15) is 17.8 Å². The van der Waals surface area contributed by atoms with Crippen molar-refractivity contribution in [3.63, 3.8) is 0 Å². The van der Waals surface area contributed by atoms with Crippen LogP contribution in [0.4, 0.5) is 0 Å². The molecule has 2 unspecified atom stereocenters. The number of rotatable bonds is 5. The van der Waals surface area contributed by atoms with Gasteiger partial charge in [-0.15, -0.1) is 0 Å². The molecule has 1 saturated carbocycles. The fourth-order valence-electron chi connectivity index (χ4n) is 4.55. The average Bonchev–Trinajstić information content (AvgIpc) is 2.90. The molecule has 1 aliphatic carbocycles. The molecule has 3 aliphatic rings. The van der Waals surface area contributed by atoms with E-state index < -0.39 is 59.7 Å². The number of methoxy groups -OCH3 is 1. The topological polar surface area (TPSA) is 120 Å². The van der Waals surface area contributed by atoms with Gasteiger partial charge < -0.3 is 13.9 Å². The van der Waals surface area contributed by atoms with E-state index in [1.807, 2.05) is 0 Å². The van der Waals surface area contributed by atoms with Crippen LogP contribution in [0.2, 0.25) is 18.1 Å². The summed E-state index contributed by atoms with van der Waals surface area (Å²) in [5, 5.41) is -0.130. The van der Waals surface area contributed by atoms with Crippen molar-refractivity contribution in [2.75, 3.05) is 19.4 Å². The number of H-pyrrole nitrogens is 1. The molecule has 2 saturated heterocycles. The van der Waals surface area contributed by atoms with Crippen LogP contribution in [0.15, 0.2) is 21.9 Å². The van der Waals surface area contributed by atoms with Gasteiger partial charge in [0.15, 0.2) is 14.5 Å². The average molecular weight is 474 g/mol. The van der Waals surface area contributed by atoms with E-state index in [0.717, 1.165) is 0 Å². The van der Waals surface area contributed by atoms with Crippen molar-refractivity contribution in [3.05, 3.63) is 33.1 Å². The van der Waals surface area contributed by atoms with E-state index >= 15 is 0 Å². The standard InChI is InChI=1S/C19H31N3O7SSi/c1-18(2,3)31(5,6)29-19-13(22-9-7-11-30(22,25)26)14(19)28-16(15(19)27-4)21-10-8-12(23)20-17(21)24/h8,10,13-16H,7,9,11H2,1-6H3,(H,20,23,24)/t13?,14-,15+,16-,19?/m1/s1. The molecule has 0 spiro atoms. The van der Waals surface area contributed by atoms with Gasteiger partial charge in [-0.1, -0.05) is 20.8 Å². The molecular formula is C19H31N3O7SSi. The van der Waals surface area contributed by atoms with Gasteiger partial charge in [-0.05, 0) is 24.6 Å². The SMILES string of the molecule is CO[C@H]1[C@H](n2ccc(=O)[nH]c2=O)O[C@@H]2C(N3CCCS3(=O)=O)C21O[Si](C)(C)C(C)(C)C. The molecule has 0 radical (unpaired) electrons. The van der Waals surface area contributed by atoms with E-state index in [9.17, 15) is 18.0 Å². The van der Waals surface area contributed by atoms with Crippen molar-refractivity contribution in [2.24, 2.45) is 0 Å². The van der Waals surface area contributed by atoms with Gasteiger partial charge in [0.05, 0.1) is 11.8 Å². The maximum absolute atomic E-state index is 12.7. The maximum Gasteiger partial charge on any atom is 0.330 e. The van der Waals surface area contributed by atoms with E-state index in [1.54, 1.807) is 0 Å². The number of nitrogens with one attached hydrogen (secondary N) is 1. The summed E-state index contributed by atoms with van der Waals surface area (Å²) in [5.74, 6) is 0.104. The third-order valence-corrected chi connectivity index (χ3v) is 13.5. The van der Waals surface area contributed by atoms with Crippen LogP contribution >= 0.6 is 0 Å². The van der Waals surface area contributed by atoms with Gasteiger partial charge in [-0.2, -0.15) is 4.31 Å². The first-order chi connectivity index (χ1) is 14.3. The first kappa shape index (κ1) is 22.9. The molecule has 0 amide bonds. The summed E-state index contributed by atoms with van der Waals surface area (Å²) in [4.78, 5) is 26.2. The molecule has 12 heteroatoms. The molecule has 1 aromatic rings. The summed E-state index contributed by atoms with van der Waals surface area (Å²) in [6.45, 7) is 10.9. The summed E-state index contributed by atoms with van der Waals surface area (Å²) in [6.07, 6.45) is -0.211. The van der Waals surface area contributed by atoms with E-state index in [-0.39, 0.29) is 10.8 Å². The molecule has 3 fully saturated rings. The van der Waals surface area contributed by atoms with E-state index in [4.69, 9.17) is 13.9 Å². The van der Waals surface area contributed by atoms with Gasteiger partial charge in [-0.3, -0.25) is 14.3 Å². The van der Waals surface area contributed by atoms with Crippen LogP contribution in [0.3, 0.4) is 0 Å². The highest BCUT2D eigenvalue weighted by atomic mass is 32.2. The minimum absolute atomic E-state index is 0.104. The molecule has 31 heavy (non-hydrogen) atoms. The van der Waals surface area contributed by atoms with Gasteiger partial charge in [-0.25, -0.2) is 13.2 Å². The highest BCUT2D eigenvalue weighted by molar-refractivity contribution is 7.89. The Bertz CT molecular complexity index is 1090. The molecule has 0 aromatic carbocycles. The number of hydrogen-bond acceptors (Lipinski definition) is 7. The van der Waals surface area contributed by atoms with E-state index in [1.165, 1.54) is 28.2 Å². The normalized spacial score (nSPS) is 35.3. The zero-order valence-corrected chi connectivity index (χ0v) is 20.6. The Labute approximate surface area is 182 Å². The van der Waals surface area contributed by atoms with Crippen molar-refractivity contribution < 1.29 is 22.3 Å². The molecule has 174 valence electrons. The number of nitrogens with zero attached hydrogens (tertiary/aromatic N) is 2. The number of aromatic nitrogens is 2. The number of sulfonamides is 1. The predicted octanol–water partition coefficient (Wildman–Crippen LogP) is 0.627. The fourth-order valence-corrected chi connectivity index (χ4v) is 7.85. The van der Waals surface area contributed by atoms with Gasteiger partial charge in [0.2, 0.25) is 10.0 Å². The van der Waals surface area contributed by atoms with Crippen molar-refractivity contribution in [2.45, 2.75) is 75.4 Å². The molecule has 0 bridgehead atoms. The van der Waals surface area contributed by atoms with E-state index in [0.29, 0.717) is 13.0 Å². The minimum atomic E-state index is -3.41. The number of hydrogen-bond donors (Lipinski definition) is 1. The van der Waals surface area contributed by atoms with Crippen LogP contribution in [0.1, 0.15) is 33.4 Å². The summed E-state index contributed by atoms with van der Waals surface area (Å²) in [7, 11) is -4.28. The lowest BCUT2D eigenvalue weighted by Gasteiger charge is -2.42. The van der Waals surface area contributed by atoms with Crippen LogP contribution in [0, 0.1) is 0 Å². The lowest BCUT2D eigenvalue weighted by Crippen LogP contribution is -2.54. The van der Waals surface area contributed by atoms with Crippen LogP contribution in [0.5, 0.6) is 0 Å². The van der Waals surface area contributed by atoms with Crippen molar-refractivity contribution >= 4 is 18.3 Å². The Hall–Kier alpha value is -1.31. The first-order valence-electron chi connectivity index (χ1n) is 10.5. The quantitative estimate of drug-likeness (QED) is 0.623. The number of fused-ring (bicyclic) bond motifs is 1. The monoisotopic (exact) mass is 473 g/mol. The lowest BCUT2D eigenvalue weighted by molar-refractivity contribution is -0.0960.